The third-order valence-corrected chi connectivity index (χ3v) is 6.66. The lowest BCUT2D eigenvalue weighted by Gasteiger charge is -2.35. The van der Waals surface area contributed by atoms with Gasteiger partial charge in [-0.2, -0.15) is 0 Å². The summed E-state index contributed by atoms with van der Waals surface area (Å²) in [5.74, 6) is 0.828. The largest absolute Gasteiger partial charge is 0.353 e. The molecule has 0 atom stereocenters. The number of anilines is 1. The van der Waals surface area contributed by atoms with Crippen LogP contribution in [0.2, 0.25) is 15.1 Å². The molecule has 0 aliphatic carbocycles. The second kappa shape index (κ2) is 10.2. The first-order valence-corrected chi connectivity index (χ1v) is 12.2. The van der Waals surface area contributed by atoms with E-state index in [1.165, 1.54) is 0 Å². The zero-order chi connectivity index (χ0) is 24.4. The summed E-state index contributed by atoms with van der Waals surface area (Å²) in [7, 11) is 0. The van der Waals surface area contributed by atoms with Gasteiger partial charge in [-0.25, -0.2) is 15.0 Å². The number of nitrogens with zero attached hydrogens (tertiary/aromatic N) is 5. The predicted molar refractivity (Wildman–Crippen MR) is 140 cm³/mol. The fourth-order valence-corrected chi connectivity index (χ4v) is 4.67. The van der Waals surface area contributed by atoms with Crippen molar-refractivity contribution in [2.45, 2.75) is 0 Å². The van der Waals surface area contributed by atoms with Crippen LogP contribution >= 0.6 is 34.8 Å². The summed E-state index contributed by atoms with van der Waals surface area (Å²) in [5, 5.41) is 1.61. The van der Waals surface area contributed by atoms with Gasteiger partial charge >= 0.3 is 0 Å². The standard InChI is InChI=1S/C26H20Cl3N5O/c27-18-6-4-17(5-7-18)24-21(20-9-8-19(28)15-22(20)29)16-31-25(32-24)26(35)34-13-11-33(12-14-34)23-3-1-2-10-30-23/h1-10,15-16H,11-14H2. The van der Waals surface area contributed by atoms with Gasteiger partial charge in [0.25, 0.3) is 5.91 Å². The minimum Gasteiger partial charge on any atom is -0.353 e. The van der Waals surface area contributed by atoms with Crippen molar-refractivity contribution in [3.8, 4) is 22.4 Å². The zero-order valence-corrected chi connectivity index (χ0v) is 20.8. The maximum Gasteiger partial charge on any atom is 0.291 e. The van der Waals surface area contributed by atoms with Gasteiger partial charge in [0.1, 0.15) is 5.82 Å². The van der Waals surface area contributed by atoms with Gasteiger partial charge in [0.05, 0.1) is 10.7 Å². The Bertz CT molecular complexity index is 1360. The molecule has 1 aliphatic heterocycles. The second-order valence-corrected chi connectivity index (χ2v) is 9.33. The van der Waals surface area contributed by atoms with Crippen molar-refractivity contribution in [1.29, 1.82) is 0 Å². The number of carbonyl (C=O) groups excluding carboxylic acids is 1. The monoisotopic (exact) mass is 523 g/mol. The van der Waals surface area contributed by atoms with E-state index in [0.717, 1.165) is 16.9 Å². The number of carbonyl (C=O) groups is 1. The predicted octanol–water partition coefficient (Wildman–Crippen LogP) is 6.13. The Kier molecular flexibility index (Phi) is 6.86. The van der Waals surface area contributed by atoms with Gasteiger partial charge in [-0.15, -0.1) is 0 Å². The summed E-state index contributed by atoms with van der Waals surface area (Å²) in [6, 6.07) is 18.4. The Morgan fingerprint density at radius 2 is 1.54 bits per heavy atom. The van der Waals surface area contributed by atoms with Crippen LogP contribution in [0.25, 0.3) is 22.4 Å². The molecule has 35 heavy (non-hydrogen) atoms. The number of amides is 1. The Morgan fingerprint density at radius 3 is 2.23 bits per heavy atom. The highest BCUT2D eigenvalue weighted by molar-refractivity contribution is 6.36. The molecule has 2 aromatic heterocycles. The van der Waals surface area contributed by atoms with Gasteiger partial charge in [-0.1, -0.05) is 59.1 Å². The summed E-state index contributed by atoms with van der Waals surface area (Å²) in [5.41, 5.74) is 2.82. The van der Waals surface area contributed by atoms with E-state index in [0.29, 0.717) is 52.5 Å². The number of aromatic nitrogens is 3. The Labute approximate surface area is 218 Å². The fourth-order valence-electron chi connectivity index (χ4n) is 4.04. The van der Waals surface area contributed by atoms with Crippen LogP contribution < -0.4 is 4.90 Å². The summed E-state index contributed by atoms with van der Waals surface area (Å²) in [6.07, 6.45) is 3.41. The van der Waals surface area contributed by atoms with Gasteiger partial charge in [0.15, 0.2) is 0 Å². The minimum absolute atomic E-state index is 0.134. The normalized spacial score (nSPS) is 13.7. The van der Waals surface area contributed by atoms with Gasteiger partial charge in [-0.05, 0) is 36.4 Å². The van der Waals surface area contributed by atoms with Crippen LogP contribution in [0.1, 0.15) is 10.6 Å². The van der Waals surface area contributed by atoms with E-state index in [1.54, 1.807) is 41.6 Å². The number of pyridine rings is 1. The molecule has 0 radical (unpaired) electrons. The highest BCUT2D eigenvalue weighted by Crippen LogP contribution is 2.36. The molecule has 9 heteroatoms. The molecule has 0 unspecified atom stereocenters. The molecule has 1 fully saturated rings. The average Bonchev–Trinajstić information content (AvgIpc) is 2.89. The van der Waals surface area contributed by atoms with Crippen molar-refractivity contribution in [3.05, 3.63) is 93.9 Å². The molecule has 3 heterocycles. The molecular weight excluding hydrogens is 505 g/mol. The number of hydrogen-bond donors (Lipinski definition) is 0. The molecular formula is C26H20Cl3N5O. The number of hydrogen-bond acceptors (Lipinski definition) is 5. The van der Waals surface area contributed by atoms with Crippen LogP contribution in [0.4, 0.5) is 5.82 Å². The van der Waals surface area contributed by atoms with E-state index in [-0.39, 0.29) is 11.7 Å². The number of benzene rings is 2. The lowest BCUT2D eigenvalue weighted by Crippen LogP contribution is -2.49. The second-order valence-electron chi connectivity index (χ2n) is 8.05. The maximum atomic E-state index is 13.3. The maximum absolute atomic E-state index is 13.3. The molecule has 1 saturated heterocycles. The molecule has 176 valence electrons. The van der Waals surface area contributed by atoms with Crippen molar-refractivity contribution in [2.75, 3.05) is 31.1 Å². The third-order valence-electron chi connectivity index (χ3n) is 5.86. The van der Waals surface area contributed by atoms with Crippen molar-refractivity contribution in [1.82, 2.24) is 19.9 Å². The molecule has 1 amide bonds. The Morgan fingerprint density at radius 1 is 0.800 bits per heavy atom. The van der Waals surface area contributed by atoms with Gasteiger partial charge in [-0.3, -0.25) is 4.79 Å². The molecule has 6 nitrogen and oxygen atoms in total. The minimum atomic E-state index is -0.213. The Hall–Kier alpha value is -3.19. The van der Waals surface area contributed by atoms with Crippen molar-refractivity contribution in [3.63, 3.8) is 0 Å². The quantitative estimate of drug-likeness (QED) is 0.321. The lowest BCUT2D eigenvalue weighted by atomic mass is 10.0. The van der Waals surface area contributed by atoms with Gasteiger partial charge in [0, 0.05) is 65.3 Å². The van der Waals surface area contributed by atoms with E-state index in [1.807, 2.05) is 36.4 Å². The lowest BCUT2D eigenvalue weighted by molar-refractivity contribution is 0.0734. The molecule has 2 aromatic carbocycles. The highest BCUT2D eigenvalue weighted by atomic mass is 35.5. The Balaban J connectivity index is 1.45. The van der Waals surface area contributed by atoms with Crippen LogP contribution in [0.15, 0.2) is 73.1 Å². The van der Waals surface area contributed by atoms with E-state index in [2.05, 4.69) is 14.9 Å². The van der Waals surface area contributed by atoms with Crippen LogP contribution in [0.3, 0.4) is 0 Å². The number of rotatable bonds is 4. The van der Waals surface area contributed by atoms with Crippen molar-refractivity contribution < 1.29 is 4.79 Å². The molecule has 4 aromatic rings. The molecule has 5 rings (SSSR count). The summed E-state index contributed by atoms with van der Waals surface area (Å²) < 4.78 is 0. The van der Waals surface area contributed by atoms with Crippen LogP contribution in [0.5, 0.6) is 0 Å². The van der Waals surface area contributed by atoms with E-state index < -0.39 is 0 Å². The summed E-state index contributed by atoms with van der Waals surface area (Å²) in [4.78, 5) is 30.8. The first-order chi connectivity index (χ1) is 17.0. The SMILES string of the molecule is O=C(c1ncc(-c2ccc(Cl)cc2Cl)c(-c2ccc(Cl)cc2)n1)N1CCN(c2ccccn2)CC1. The fraction of sp³-hybridized carbons (Fsp3) is 0.154. The first-order valence-electron chi connectivity index (χ1n) is 11.0. The van der Waals surface area contributed by atoms with Crippen molar-refractivity contribution in [2.24, 2.45) is 0 Å². The average molecular weight is 525 g/mol. The molecule has 1 aliphatic rings. The molecule has 0 bridgehead atoms. The molecule has 0 N–H and O–H groups in total. The highest BCUT2D eigenvalue weighted by Gasteiger charge is 2.26. The third kappa shape index (κ3) is 5.10. The summed E-state index contributed by atoms with van der Waals surface area (Å²) in [6.45, 7) is 2.48. The topological polar surface area (TPSA) is 62.2 Å². The van der Waals surface area contributed by atoms with Crippen molar-refractivity contribution >= 4 is 46.5 Å². The van der Waals surface area contributed by atoms with Gasteiger partial charge in [0.2, 0.25) is 5.82 Å². The first kappa shape index (κ1) is 23.5. The van der Waals surface area contributed by atoms with Crippen LogP contribution in [-0.2, 0) is 0 Å². The smallest absolute Gasteiger partial charge is 0.291 e. The number of halogens is 3. The zero-order valence-electron chi connectivity index (χ0n) is 18.5. The van der Waals surface area contributed by atoms with E-state index >= 15 is 0 Å². The van der Waals surface area contributed by atoms with Crippen LogP contribution in [-0.4, -0.2) is 51.9 Å². The summed E-state index contributed by atoms with van der Waals surface area (Å²) >= 11 is 18.7. The van der Waals surface area contributed by atoms with E-state index in [9.17, 15) is 4.79 Å². The van der Waals surface area contributed by atoms with Gasteiger partial charge < -0.3 is 9.80 Å². The molecule has 0 spiro atoms. The molecule has 0 saturated carbocycles. The number of piperazine rings is 1. The van der Waals surface area contributed by atoms with E-state index in [4.69, 9.17) is 39.8 Å². The van der Waals surface area contributed by atoms with Crippen LogP contribution in [0, 0.1) is 0 Å².